The highest BCUT2D eigenvalue weighted by molar-refractivity contribution is 5.79. The number of hydrogen-bond donors (Lipinski definition) is 1. The van der Waals surface area contributed by atoms with Gasteiger partial charge in [-0.15, -0.1) is 0 Å². The minimum atomic E-state index is 0.127. The van der Waals surface area contributed by atoms with Crippen LogP contribution >= 0.6 is 0 Å². The average Bonchev–Trinajstić information content (AvgIpc) is 3.45. The molecular formula is C19H33N3O2. The standard InChI is InChI=1S/C19H33N3O2/c1-13(2)21(3)19(24)16-8-10-22(11-9-16)12-17(23)20-18(14-4-5-14)15-6-7-15/h13-16,18H,4-12H2,1-3H3,(H,20,23). The van der Waals surface area contributed by atoms with Gasteiger partial charge in [0.15, 0.2) is 0 Å². The van der Waals surface area contributed by atoms with E-state index in [9.17, 15) is 9.59 Å². The molecule has 2 aliphatic carbocycles. The van der Waals surface area contributed by atoms with Crippen molar-refractivity contribution < 1.29 is 9.59 Å². The molecule has 0 aromatic heterocycles. The average molecular weight is 335 g/mol. The summed E-state index contributed by atoms with van der Waals surface area (Å²) in [4.78, 5) is 28.8. The minimum absolute atomic E-state index is 0.127. The van der Waals surface area contributed by atoms with E-state index in [1.54, 1.807) is 0 Å². The van der Waals surface area contributed by atoms with E-state index in [1.165, 1.54) is 25.7 Å². The van der Waals surface area contributed by atoms with Crippen LogP contribution in [-0.2, 0) is 9.59 Å². The molecule has 2 amide bonds. The van der Waals surface area contributed by atoms with Gasteiger partial charge in [-0.1, -0.05) is 0 Å². The number of piperidine rings is 1. The van der Waals surface area contributed by atoms with Crippen molar-refractivity contribution in [2.24, 2.45) is 17.8 Å². The Kier molecular flexibility index (Phi) is 5.48. The molecule has 5 nitrogen and oxygen atoms in total. The summed E-state index contributed by atoms with van der Waals surface area (Å²) in [5, 5.41) is 3.30. The number of nitrogens with one attached hydrogen (secondary N) is 1. The summed E-state index contributed by atoms with van der Waals surface area (Å²) in [6.45, 7) is 6.30. The Morgan fingerprint density at radius 1 is 1.04 bits per heavy atom. The number of carbonyl (C=O) groups is 2. The predicted molar refractivity (Wildman–Crippen MR) is 94.4 cm³/mol. The third kappa shape index (κ3) is 4.50. The molecule has 0 bridgehead atoms. The van der Waals surface area contributed by atoms with Crippen LogP contribution in [-0.4, -0.2) is 60.4 Å². The number of likely N-dealkylation sites (tertiary alicyclic amines) is 1. The molecule has 24 heavy (non-hydrogen) atoms. The molecule has 3 rings (SSSR count). The van der Waals surface area contributed by atoms with E-state index in [2.05, 4.69) is 10.2 Å². The fraction of sp³-hybridized carbons (Fsp3) is 0.895. The van der Waals surface area contributed by atoms with Crippen molar-refractivity contribution in [1.29, 1.82) is 0 Å². The topological polar surface area (TPSA) is 52.7 Å². The molecule has 1 heterocycles. The van der Waals surface area contributed by atoms with E-state index < -0.39 is 0 Å². The summed E-state index contributed by atoms with van der Waals surface area (Å²) in [5.41, 5.74) is 0. The SMILES string of the molecule is CC(C)N(C)C(=O)C1CCN(CC(=O)NC(C2CC2)C2CC2)CC1. The van der Waals surface area contributed by atoms with Gasteiger partial charge in [0.2, 0.25) is 11.8 Å². The normalized spacial score (nSPS) is 22.9. The zero-order chi connectivity index (χ0) is 17.3. The van der Waals surface area contributed by atoms with Gasteiger partial charge in [0, 0.05) is 25.0 Å². The summed E-state index contributed by atoms with van der Waals surface area (Å²) >= 11 is 0. The van der Waals surface area contributed by atoms with Gasteiger partial charge in [-0.2, -0.15) is 0 Å². The van der Waals surface area contributed by atoms with Crippen LogP contribution in [0, 0.1) is 17.8 Å². The Balaban J connectivity index is 1.40. The van der Waals surface area contributed by atoms with E-state index in [-0.39, 0.29) is 23.8 Å². The Bertz CT molecular complexity index is 451. The molecule has 0 atom stereocenters. The lowest BCUT2D eigenvalue weighted by Gasteiger charge is -2.34. The van der Waals surface area contributed by atoms with Crippen LogP contribution in [0.5, 0.6) is 0 Å². The third-order valence-electron chi connectivity index (χ3n) is 6.01. The van der Waals surface area contributed by atoms with Gasteiger partial charge in [-0.05, 0) is 77.3 Å². The highest BCUT2D eigenvalue weighted by Crippen LogP contribution is 2.44. The number of hydrogen-bond acceptors (Lipinski definition) is 3. The molecule has 5 heteroatoms. The van der Waals surface area contributed by atoms with Crippen LogP contribution in [0.2, 0.25) is 0 Å². The lowest BCUT2D eigenvalue weighted by Crippen LogP contribution is -2.48. The maximum Gasteiger partial charge on any atom is 0.234 e. The molecule has 1 aliphatic heterocycles. The molecule has 0 aromatic rings. The molecule has 1 N–H and O–H groups in total. The molecule has 3 fully saturated rings. The highest BCUT2D eigenvalue weighted by atomic mass is 16.2. The number of nitrogens with zero attached hydrogens (tertiary/aromatic N) is 2. The molecule has 136 valence electrons. The zero-order valence-electron chi connectivity index (χ0n) is 15.5. The van der Waals surface area contributed by atoms with E-state index >= 15 is 0 Å². The second kappa shape index (κ2) is 7.42. The minimum Gasteiger partial charge on any atom is -0.352 e. The first kappa shape index (κ1) is 17.7. The summed E-state index contributed by atoms with van der Waals surface area (Å²) in [7, 11) is 1.89. The Morgan fingerprint density at radius 2 is 1.58 bits per heavy atom. The van der Waals surface area contributed by atoms with Crippen molar-refractivity contribution in [1.82, 2.24) is 15.1 Å². The molecule has 1 saturated heterocycles. The van der Waals surface area contributed by atoms with Gasteiger partial charge in [0.25, 0.3) is 0 Å². The maximum atomic E-state index is 12.4. The molecule has 2 saturated carbocycles. The summed E-state index contributed by atoms with van der Waals surface area (Å²) in [6.07, 6.45) is 6.91. The molecule has 3 aliphatic rings. The predicted octanol–water partition coefficient (Wildman–Crippen LogP) is 1.87. The van der Waals surface area contributed by atoms with Crippen molar-refractivity contribution in [3.05, 3.63) is 0 Å². The van der Waals surface area contributed by atoms with Crippen molar-refractivity contribution in [3.63, 3.8) is 0 Å². The summed E-state index contributed by atoms with van der Waals surface area (Å²) < 4.78 is 0. The molecule has 0 radical (unpaired) electrons. The molecule has 0 spiro atoms. The van der Waals surface area contributed by atoms with Crippen molar-refractivity contribution in [2.75, 3.05) is 26.7 Å². The Morgan fingerprint density at radius 3 is 2.04 bits per heavy atom. The van der Waals surface area contributed by atoms with Gasteiger partial charge in [0.05, 0.1) is 6.54 Å². The molecule has 0 unspecified atom stereocenters. The third-order valence-corrected chi connectivity index (χ3v) is 6.01. The van der Waals surface area contributed by atoms with Gasteiger partial charge in [-0.25, -0.2) is 0 Å². The summed E-state index contributed by atoms with van der Waals surface area (Å²) in [6, 6.07) is 0.694. The molecular weight excluding hydrogens is 302 g/mol. The van der Waals surface area contributed by atoms with Gasteiger partial charge in [-0.3, -0.25) is 14.5 Å². The monoisotopic (exact) mass is 335 g/mol. The summed E-state index contributed by atoms with van der Waals surface area (Å²) in [5.74, 6) is 2.06. The first-order valence-electron chi connectivity index (χ1n) is 9.74. The van der Waals surface area contributed by atoms with E-state index in [0.717, 1.165) is 37.8 Å². The lowest BCUT2D eigenvalue weighted by atomic mass is 9.95. The quantitative estimate of drug-likeness (QED) is 0.773. The van der Waals surface area contributed by atoms with Crippen molar-refractivity contribution >= 4 is 11.8 Å². The first-order valence-corrected chi connectivity index (χ1v) is 9.74. The van der Waals surface area contributed by atoms with Gasteiger partial charge in [0.1, 0.15) is 0 Å². The van der Waals surface area contributed by atoms with E-state index in [0.29, 0.717) is 12.6 Å². The van der Waals surface area contributed by atoms with Crippen molar-refractivity contribution in [2.45, 2.75) is 64.5 Å². The van der Waals surface area contributed by atoms with Crippen molar-refractivity contribution in [3.8, 4) is 0 Å². The van der Waals surface area contributed by atoms with E-state index in [4.69, 9.17) is 0 Å². The fourth-order valence-electron chi connectivity index (χ4n) is 3.85. The first-order chi connectivity index (χ1) is 11.5. The second-order valence-electron chi connectivity index (χ2n) is 8.36. The largest absolute Gasteiger partial charge is 0.352 e. The number of rotatable bonds is 7. The van der Waals surface area contributed by atoms with Crippen LogP contribution in [0.3, 0.4) is 0 Å². The van der Waals surface area contributed by atoms with Crippen LogP contribution in [0.25, 0.3) is 0 Å². The number of amides is 2. The lowest BCUT2D eigenvalue weighted by molar-refractivity contribution is -0.137. The molecule has 0 aromatic carbocycles. The second-order valence-corrected chi connectivity index (χ2v) is 8.36. The maximum absolute atomic E-state index is 12.4. The zero-order valence-corrected chi connectivity index (χ0v) is 15.5. The van der Waals surface area contributed by atoms with Crippen LogP contribution in [0.1, 0.15) is 52.4 Å². The number of carbonyl (C=O) groups excluding carboxylic acids is 2. The fourth-order valence-corrected chi connectivity index (χ4v) is 3.85. The Hall–Kier alpha value is -1.10. The van der Waals surface area contributed by atoms with E-state index in [1.807, 2.05) is 25.8 Å². The van der Waals surface area contributed by atoms with Crippen LogP contribution in [0.15, 0.2) is 0 Å². The van der Waals surface area contributed by atoms with Crippen LogP contribution < -0.4 is 5.32 Å². The van der Waals surface area contributed by atoms with Crippen LogP contribution in [0.4, 0.5) is 0 Å². The van der Waals surface area contributed by atoms with Gasteiger partial charge >= 0.3 is 0 Å². The highest BCUT2D eigenvalue weighted by Gasteiger charge is 2.42. The van der Waals surface area contributed by atoms with Gasteiger partial charge < -0.3 is 10.2 Å². The smallest absolute Gasteiger partial charge is 0.234 e. The Labute approximate surface area is 146 Å².